The van der Waals surface area contributed by atoms with E-state index in [0.29, 0.717) is 16.9 Å². The summed E-state index contributed by atoms with van der Waals surface area (Å²) in [6.45, 7) is 0.201. The molecule has 32 heavy (non-hydrogen) atoms. The van der Waals surface area contributed by atoms with Gasteiger partial charge in [0.05, 0.1) is 35.0 Å². The first-order valence-corrected chi connectivity index (χ1v) is 9.86. The number of hydrogen-bond acceptors (Lipinski definition) is 4. The molecule has 7 nitrogen and oxygen atoms in total. The number of rotatable bonds is 2. The molecule has 0 aromatic heterocycles. The average Bonchev–Trinajstić information content (AvgIpc) is 3.44. The lowest BCUT2D eigenvalue weighted by Crippen LogP contribution is -2.54. The van der Waals surface area contributed by atoms with Gasteiger partial charge in [0.15, 0.2) is 0 Å². The van der Waals surface area contributed by atoms with Crippen molar-refractivity contribution < 1.29 is 27.6 Å². The fourth-order valence-electron chi connectivity index (χ4n) is 4.98. The van der Waals surface area contributed by atoms with Crippen LogP contribution in [-0.4, -0.2) is 52.3 Å². The van der Waals surface area contributed by atoms with Crippen LogP contribution in [0.2, 0.25) is 0 Å². The smallest absolute Gasteiger partial charge is 0.331 e. The maximum atomic E-state index is 13.7. The number of benzene rings is 2. The van der Waals surface area contributed by atoms with E-state index in [0.717, 1.165) is 12.1 Å². The van der Waals surface area contributed by atoms with E-state index in [9.17, 15) is 27.6 Å². The van der Waals surface area contributed by atoms with Crippen molar-refractivity contribution in [2.24, 2.45) is 0 Å². The number of likely N-dealkylation sites (tertiary alicyclic amines) is 1. The van der Waals surface area contributed by atoms with E-state index in [1.165, 1.54) is 21.9 Å². The van der Waals surface area contributed by atoms with Gasteiger partial charge in [-0.1, -0.05) is 24.3 Å². The van der Waals surface area contributed by atoms with Crippen molar-refractivity contribution in [3.8, 4) is 6.07 Å². The van der Waals surface area contributed by atoms with Gasteiger partial charge in [-0.3, -0.25) is 9.59 Å². The second-order valence-electron chi connectivity index (χ2n) is 7.90. The monoisotopic (exact) mass is 440 g/mol. The van der Waals surface area contributed by atoms with Gasteiger partial charge in [-0.05, 0) is 30.7 Å². The molecule has 3 saturated heterocycles. The quantitative estimate of drug-likeness (QED) is 0.672. The number of hydrogen-bond donors (Lipinski definition) is 0. The fraction of sp³-hybridized carbons (Fsp3) is 0.273. The minimum absolute atomic E-state index is 0.201. The number of halogens is 3. The zero-order chi connectivity index (χ0) is 22.8. The Hall–Kier alpha value is -3.87. The van der Waals surface area contributed by atoms with E-state index in [2.05, 4.69) is 0 Å². The Labute approximate surface area is 180 Å². The van der Waals surface area contributed by atoms with Gasteiger partial charge in [-0.2, -0.15) is 18.4 Å². The number of fused-ring (bicyclic) bond motifs is 5. The molecule has 0 saturated carbocycles. The summed E-state index contributed by atoms with van der Waals surface area (Å²) in [5, 5.41) is 9.15. The number of carbonyl (C=O) groups is 3. The van der Waals surface area contributed by atoms with Crippen LogP contribution >= 0.6 is 0 Å². The Morgan fingerprint density at radius 1 is 1.06 bits per heavy atom. The third-order valence-corrected chi connectivity index (χ3v) is 6.23. The third kappa shape index (κ3) is 2.70. The van der Waals surface area contributed by atoms with Crippen LogP contribution in [0.3, 0.4) is 0 Å². The van der Waals surface area contributed by atoms with E-state index in [4.69, 9.17) is 5.26 Å². The van der Waals surface area contributed by atoms with Gasteiger partial charge in [0, 0.05) is 12.1 Å². The summed E-state index contributed by atoms with van der Waals surface area (Å²) >= 11 is 0. The van der Waals surface area contributed by atoms with Crippen LogP contribution in [0.4, 0.5) is 23.7 Å². The predicted molar refractivity (Wildman–Crippen MR) is 104 cm³/mol. The topological polar surface area (TPSA) is 84.7 Å². The molecule has 2 bridgehead atoms. The third-order valence-electron chi connectivity index (χ3n) is 6.23. The summed E-state index contributed by atoms with van der Waals surface area (Å²) in [5.41, 5.74) is -2.23. The first-order chi connectivity index (χ1) is 15.2. The summed E-state index contributed by atoms with van der Waals surface area (Å²) in [5.74, 6) is -1.12. The fourth-order valence-corrected chi connectivity index (χ4v) is 4.98. The Bertz CT molecular complexity index is 1190. The lowest BCUT2D eigenvalue weighted by atomic mass is 10.0. The summed E-state index contributed by atoms with van der Waals surface area (Å²) < 4.78 is 41.2. The molecule has 3 fully saturated rings. The molecule has 3 atom stereocenters. The highest BCUT2D eigenvalue weighted by molar-refractivity contribution is 6.23. The second kappa shape index (κ2) is 6.82. The number of carbonyl (C=O) groups excluding carboxylic acids is 3. The molecule has 3 heterocycles. The molecule has 4 amide bonds. The normalized spacial score (nSPS) is 24.2. The molecule has 2 aromatic carbocycles. The first kappa shape index (κ1) is 20.1. The number of piperazine rings is 1. The molecule has 3 unspecified atom stereocenters. The van der Waals surface area contributed by atoms with Crippen molar-refractivity contribution >= 4 is 23.5 Å². The number of anilines is 1. The number of nitrogens with zero attached hydrogens (tertiary/aromatic N) is 4. The van der Waals surface area contributed by atoms with Crippen molar-refractivity contribution in [2.75, 3.05) is 11.4 Å². The van der Waals surface area contributed by atoms with Crippen LogP contribution in [0.15, 0.2) is 48.5 Å². The van der Waals surface area contributed by atoms with Gasteiger partial charge in [0.25, 0.3) is 11.8 Å². The van der Waals surface area contributed by atoms with E-state index < -0.39 is 53.1 Å². The molecular formula is C22H15F3N4O3. The standard InChI is InChI=1S/C22H15F3N4O3/c23-22(24,25)17-13(10-26)7-4-8-15(17)29-20(31)18-16-9-14(28(18)21(29)32)11-27(16)19(30)12-5-2-1-3-6-12/h1-8,14,16,18H,9,11H2. The largest absolute Gasteiger partial charge is 0.419 e. The Balaban J connectivity index is 1.52. The number of alkyl halides is 3. The summed E-state index contributed by atoms with van der Waals surface area (Å²) in [4.78, 5) is 42.6. The van der Waals surface area contributed by atoms with E-state index >= 15 is 0 Å². The summed E-state index contributed by atoms with van der Waals surface area (Å²) in [6.07, 6.45) is -4.55. The van der Waals surface area contributed by atoms with Crippen LogP contribution in [-0.2, 0) is 11.0 Å². The molecule has 0 spiro atoms. The van der Waals surface area contributed by atoms with Crippen molar-refractivity contribution in [3.63, 3.8) is 0 Å². The molecule has 0 radical (unpaired) electrons. The van der Waals surface area contributed by atoms with Crippen molar-refractivity contribution in [3.05, 3.63) is 65.2 Å². The average molecular weight is 440 g/mol. The predicted octanol–water partition coefficient (Wildman–Crippen LogP) is 3.01. The molecule has 0 aliphatic carbocycles. The van der Waals surface area contributed by atoms with E-state index in [1.54, 1.807) is 30.3 Å². The van der Waals surface area contributed by atoms with Gasteiger partial charge in [-0.15, -0.1) is 0 Å². The summed E-state index contributed by atoms with van der Waals surface area (Å²) in [6, 6.07) is 10.1. The molecule has 3 aliphatic rings. The van der Waals surface area contributed by atoms with Crippen LogP contribution in [0.5, 0.6) is 0 Å². The highest BCUT2D eigenvalue weighted by Gasteiger charge is 2.63. The lowest BCUT2D eigenvalue weighted by Gasteiger charge is -2.34. The van der Waals surface area contributed by atoms with Crippen LogP contribution in [0.1, 0.15) is 27.9 Å². The Morgan fingerprint density at radius 3 is 2.44 bits per heavy atom. The van der Waals surface area contributed by atoms with Crippen molar-refractivity contribution in [2.45, 2.75) is 30.7 Å². The van der Waals surface area contributed by atoms with Gasteiger partial charge in [-0.25, -0.2) is 9.69 Å². The first-order valence-electron chi connectivity index (χ1n) is 9.86. The minimum Gasteiger partial charge on any atom is -0.331 e. The number of imide groups is 1. The van der Waals surface area contributed by atoms with Gasteiger partial charge < -0.3 is 9.80 Å². The SMILES string of the molecule is N#Cc1cccc(N2C(=O)C3C4CC(CN4C(=O)c4ccccc4)N3C2=O)c1C(F)(F)F. The number of amides is 4. The van der Waals surface area contributed by atoms with Crippen LogP contribution in [0, 0.1) is 11.3 Å². The van der Waals surface area contributed by atoms with E-state index in [1.807, 2.05) is 0 Å². The minimum atomic E-state index is -4.94. The molecule has 5 rings (SSSR count). The van der Waals surface area contributed by atoms with Gasteiger partial charge >= 0.3 is 12.2 Å². The molecule has 3 aliphatic heterocycles. The number of nitriles is 1. The van der Waals surface area contributed by atoms with Crippen LogP contribution < -0.4 is 4.90 Å². The maximum Gasteiger partial charge on any atom is 0.419 e. The number of urea groups is 1. The Morgan fingerprint density at radius 2 is 1.78 bits per heavy atom. The van der Waals surface area contributed by atoms with Gasteiger partial charge in [0.1, 0.15) is 6.04 Å². The van der Waals surface area contributed by atoms with Gasteiger partial charge in [0.2, 0.25) is 0 Å². The molecule has 0 N–H and O–H groups in total. The zero-order valence-corrected chi connectivity index (χ0v) is 16.4. The zero-order valence-electron chi connectivity index (χ0n) is 16.4. The molecule has 162 valence electrons. The van der Waals surface area contributed by atoms with Crippen molar-refractivity contribution in [1.29, 1.82) is 5.26 Å². The van der Waals surface area contributed by atoms with E-state index in [-0.39, 0.29) is 12.5 Å². The second-order valence-corrected chi connectivity index (χ2v) is 7.90. The Kier molecular flexibility index (Phi) is 4.27. The highest BCUT2D eigenvalue weighted by atomic mass is 19.4. The van der Waals surface area contributed by atoms with Crippen molar-refractivity contribution in [1.82, 2.24) is 9.80 Å². The lowest BCUT2D eigenvalue weighted by molar-refractivity contribution is -0.137. The summed E-state index contributed by atoms with van der Waals surface area (Å²) in [7, 11) is 0. The van der Waals surface area contributed by atoms with Crippen LogP contribution in [0.25, 0.3) is 0 Å². The molecule has 2 aromatic rings. The maximum absolute atomic E-state index is 13.7. The molecular weight excluding hydrogens is 425 g/mol. The molecule has 10 heteroatoms. The highest BCUT2D eigenvalue weighted by Crippen LogP contribution is 2.46.